The van der Waals surface area contributed by atoms with Gasteiger partial charge < -0.3 is 9.88 Å². The molecule has 1 aromatic carbocycles. The largest absolute Gasteiger partial charge is 0.356 e. The van der Waals surface area contributed by atoms with Gasteiger partial charge in [-0.3, -0.25) is 4.79 Å². The fourth-order valence-electron chi connectivity index (χ4n) is 3.54. The summed E-state index contributed by atoms with van der Waals surface area (Å²) >= 11 is 0. The van der Waals surface area contributed by atoms with Crippen LogP contribution in [-0.2, 0) is 11.2 Å². The lowest BCUT2D eigenvalue weighted by Crippen LogP contribution is -2.33. The third-order valence-corrected chi connectivity index (χ3v) is 4.45. The number of rotatable bonds is 0. The third kappa shape index (κ3) is 1.17. The van der Waals surface area contributed by atoms with Gasteiger partial charge in [-0.1, -0.05) is 18.2 Å². The first kappa shape index (κ1) is 10.2. The van der Waals surface area contributed by atoms with E-state index in [1.165, 1.54) is 27.7 Å². The number of para-hydroxylation sites is 1. The van der Waals surface area contributed by atoms with Crippen molar-refractivity contribution in [3.05, 3.63) is 35.0 Å². The molecule has 0 spiro atoms. The van der Waals surface area contributed by atoms with Crippen LogP contribution in [0.15, 0.2) is 18.2 Å². The van der Waals surface area contributed by atoms with Crippen molar-refractivity contribution in [2.24, 2.45) is 0 Å². The Bertz CT molecular complexity index is 656. The topological polar surface area (TPSA) is 36.1 Å². The number of H-pyrrole nitrogens is 1. The molecule has 0 bridgehead atoms. The molecular formula is C15H16N2O. The number of fused-ring (bicyclic) bond motifs is 5. The van der Waals surface area contributed by atoms with E-state index in [1.54, 1.807) is 0 Å². The molecule has 18 heavy (non-hydrogen) atoms. The van der Waals surface area contributed by atoms with Gasteiger partial charge in [0.05, 0.1) is 6.04 Å². The van der Waals surface area contributed by atoms with Gasteiger partial charge in [0.2, 0.25) is 5.91 Å². The van der Waals surface area contributed by atoms with Crippen molar-refractivity contribution in [1.82, 2.24) is 9.88 Å². The van der Waals surface area contributed by atoms with Crippen LogP contribution in [0.5, 0.6) is 0 Å². The highest BCUT2D eigenvalue weighted by molar-refractivity contribution is 5.89. The molecule has 0 unspecified atom stereocenters. The summed E-state index contributed by atoms with van der Waals surface area (Å²) in [4.78, 5) is 17.4. The van der Waals surface area contributed by atoms with Crippen LogP contribution in [0.25, 0.3) is 10.9 Å². The van der Waals surface area contributed by atoms with E-state index in [2.05, 4.69) is 30.1 Å². The van der Waals surface area contributed by atoms with Crippen LogP contribution in [0.4, 0.5) is 0 Å². The molecule has 3 heteroatoms. The molecule has 0 radical (unpaired) electrons. The summed E-state index contributed by atoms with van der Waals surface area (Å²) < 4.78 is 0. The highest BCUT2D eigenvalue weighted by Gasteiger charge is 2.37. The summed E-state index contributed by atoms with van der Waals surface area (Å²) in [5, 5.41) is 1.35. The van der Waals surface area contributed by atoms with E-state index in [0.717, 1.165) is 19.4 Å². The number of benzene rings is 1. The maximum Gasteiger partial charge on any atom is 0.223 e. The first-order valence-corrected chi connectivity index (χ1v) is 6.65. The van der Waals surface area contributed by atoms with Gasteiger partial charge >= 0.3 is 0 Å². The van der Waals surface area contributed by atoms with Crippen molar-refractivity contribution in [3.63, 3.8) is 0 Å². The Morgan fingerprint density at radius 2 is 2.22 bits per heavy atom. The zero-order valence-corrected chi connectivity index (χ0v) is 10.5. The maximum absolute atomic E-state index is 11.8. The molecule has 0 saturated carbocycles. The van der Waals surface area contributed by atoms with E-state index in [4.69, 9.17) is 0 Å². The second-order valence-electron chi connectivity index (χ2n) is 5.41. The van der Waals surface area contributed by atoms with Crippen molar-refractivity contribution in [2.75, 3.05) is 6.54 Å². The highest BCUT2D eigenvalue weighted by atomic mass is 16.2. The number of carbonyl (C=O) groups excluding carboxylic acids is 1. The summed E-state index contributed by atoms with van der Waals surface area (Å²) in [6.45, 7) is 3.03. The summed E-state index contributed by atoms with van der Waals surface area (Å²) in [6, 6.07) is 6.76. The molecule has 92 valence electrons. The Hall–Kier alpha value is -1.77. The van der Waals surface area contributed by atoms with Gasteiger partial charge in [0.25, 0.3) is 0 Å². The molecular weight excluding hydrogens is 224 g/mol. The number of aromatic nitrogens is 1. The van der Waals surface area contributed by atoms with E-state index < -0.39 is 0 Å². The Kier molecular flexibility index (Phi) is 1.91. The van der Waals surface area contributed by atoms with Gasteiger partial charge in [-0.15, -0.1) is 0 Å². The lowest BCUT2D eigenvalue weighted by Gasteiger charge is -2.29. The lowest BCUT2D eigenvalue weighted by atomic mass is 9.97. The second-order valence-corrected chi connectivity index (χ2v) is 5.41. The molecule has 2 aromatic rings. The summed E-state index contributed by atoms with van der Waals surface area (Å²) in [7, 11) is 0. The predicted octanol–water partition coefficient (Wildman–Crippen LogP) is 2.70. The molecule has 0 aliphatic carbocycles. The number of hydrogen-bond acceptors (Lipinski definition) is 1. The van der Waals surface area contributed by atoms with Crippen LogP contribution in [0, 0.1) is 6.92 Å². The number of hydrogen-bond donors (Lipinski definition) is 1. The number of aryl methyl sites for hydroxylation is 1. The minimum absolute atomic E-state index is 0.299. The average molecular weight is 240 g/mol. The fourth-order valence-corrected chi connectivity index (χ4v) is 3.54. The molecule has 1 aromatic heterocycles. The van der Waals surface area contributed by atoms with E-state index in [9.17, 15) is 4.79 Å². The first-order valence-electron chi connectivity index (χ1n) is 6.65. The normalized spacial score (nSPS) is 22.4. The van der Waals surface area contributed by atoms with E-state index in [-0.39, 0.29) is 0 Å². The van der Waals surface area contributed by atoms with Crippen molar-refractivity contribution >= 4 is 16.8 Å². The fraction of sp³-hybridized carbons (Fsp3) is 0.400. The van der Waals surface area contributed by atoms with Gasteiger partial charge in [-0.25, -0.2) is 0 Å². The van der Waals surface area contributed by atoms with Crippen LogP contribution in [0.2, 0.25) is 0 Å². The molecule has 1 atom stereocenters. The van der Waals surface area contributed by atoms with Crippen molar-refractivity contribution < 1.29 is 4.79 Å². The molecule has 1 amide bonds. The van der Waals surface area contributed by atoms with Crippen molar-refractivity contribution in [3.8, 4) is 0 Å². The van der Waals surface area contributed by atoms with E-state index >= 15 is 0 Å². The SMILES string of the molecule is Cc1cccc2c3c([nH]c12)[C@@H]1CCC(=O)N1CC3. The minimum Gasteiger partial charge on any atom is -0.356 e. The molecule has 3 nitrogen and oxygen atoms in total. The summed E-state index contributed by atoms with van der Waals surface area (Å²) in [5.41, 5.74) is 5.27. The molecule has 2 aliphatic heterocycles. The zero-order valence-electron chi connectivity index (χ0n) is 10.5. The average Bonchev–Trinajstić information content (AvgIpc) is 2.92. The van der Waals surface area contributed by atoms with Crippen molar-refractivity contribution in [1.29, 1.82) is 0 Å². The molecule has 4 rings (SSSR count). The van der Waals surface area contributed by atoms with Crippen LogP contribution < -0.4 is 0 Å². The maximum atomic E-state index is 11.8. The molecule has 1 saturated heterocycles. The van der Waals surface area contributed by atoms with Gasteiger partial charge in [0, 0.05) is 29.6 Å². The van der Waals surface area contributed by atoms with Crippen LogP contribution in [-0.4, -0.2) is 22.3 Å². The lowest BCUT2D eigenvalue weighted by molar-refractivity contribution is -0.129. The Morgan fingerprint density at radius 1 is 1.33 bits per heavy atom. The molecule has 1 N–H and O–H groups in total. The second kappa shape index (κ2) is 3.37. The zero-order chi connectivity index (χ0) is 12.3. The number of nitrogens with zero attached hydrogens (tertiary/aromatic N) is 1. The summed E-state index contributed by atoms with van der Waals surface area (Å²) in [5.74, 6) is 0.320. The van der Waals surface area contributed by atoms with Crippen LogP contribution in [0.1, 0.15) is 35.7 Å². The molecule has 3 heterocycles. The minimum atomic E-state index is 0.299. The summed E-state index contributed by atoms with van der Waals surface area (Å²) in [6.07, 6.45) is 2.66. The molecule has 2 aliphatic rings. The standard InChI is InChI=1S/C15H16N2O/c1-9-3-2-4-10-11-7-8-17-12(5-6-13(17)18)15(11)16-14(9)10/h2-4,12,16H,5-8H2,1H3/t12-/m0/s1. The number of amides is 1. The van der Waals surface area contributed by atoms with Gasteiger partial charge in [0.15, 0.2) is 0 Å². The predicted molar refractivity (Wildman–Crippen MR) is 70.4 cm³/mol. The first-order chi connectivity index (χ1) is 8.75. The van der Waals surface area contributed by atoms with Crippen molar-refractivity contribution in [2.45, 2.75) is 32.2 Å². The number of carbonyl (C=O) groups is 1. The number of nitrogens with one attached hydrogen (secondary N) is 1. The highest BCUT2D eigenvalue weighted by Crippen LogP contribution is 2.41. The third-order valence-electron chi connectivity index (χ3n) is 4.45. The van der Waals surface area contributed by atoms with Crippen LogP contribution in [0.3, 0.4) is 0 Å². The molecule has 1 fully saturated rings. The smallest absolute Gasteiger partial charge is 0.223 e. The van der Waals surface area contributed by atoms with Gasteiger partial charge in [-0.2, -0.15) is 0 Å². The monoisotopic (exact) mass is 240 g/mol. The number of aromatic amines is 1. The van der Waals surface area contributed by atoms with E-state index in [0.29, 0.717) is 18.4 Å². The van der Waals surface area contributed by atoms with Gasteiger partial charge in [0.1, 0.15) is 0 Å². The van der Waals surface area contributed by atoms with Crippen LogP contribution >= 0.6 is 0 Å². The Morgan fingerprint density at radius 3 is 3.11 bits per heavy atom. The van der Waals surface area contributed by atoms with Gasteiger partial charge in [-0.05, 0) is 30.9 Å². The Balaban J connectivity index is 1.96. The van der Waals surface area contributed by atoms with E-state index in [1.807, 2.05) is 4.90 Å². The quantitative estimate of drug-likeness (QED) is 0.755. The Labute approximate surface area is 106 Å².